The number of rotatable bonds is 3. The van der Waals surface area contributed by atoms with E-state index >= 15 is 0 Å². The summed E-state index contributed by atoms with van der Waals surface area (Å²) < 4.78 is 0. The summed E-state index contributed by atoms with van der Waals surface area (Å²) in [7, 11) is 0. The number of carbonyl (C=O) groups is 2. The second kappa shape index (κ2) is 6.95. The van der Waals surface area contributed by atoms with E-state index in [2.05, 4.69) is 19.2 Å². The summed E-state index contributed by atoms with van der Waals surface area (Å²) in [5, 5.41) is 2.84. The molecule has 0 aliphatic carbocycles. The summed E-state index contributed by atoms with van der Waals surface area (Å²) in [6.07, 6.45) is 1.18. The summed E-state index contributed by atoms with van der Waals surface area (Å²) in [6, 6.07) is 7.18. The Hall–Kier alpha value is -1.84. The molecule has 1 aliphatic rings. The highest BCUT2D eigenvalue weighted by Gasteiger charge is 2.26. The molecule has 1 N–H and O–H groups in total. The van der Waals surface area contributed by atoms with E-state index in [9.17, 15) is 9.59 Å². The Labute approximate surface area is 132 Å². The lowest BCUT2D eigenvalue weighted by Gasteiger charge is -2.35. The fourth-order valence-electron chi connectivity index (χ4n) is 2.99. The number of nitrogens with one attached hydrogen (secondary N) is 1. The first-order valence-corrected chi connectivity index (χ1v) is 8.07. The third kappa shape index (κ3) is 4.09. The van der Waals surface area contributed by atoms with Gasteiger partial charge in [-0.05, 0) is 42.5 Å². The number of anilines is 1. The minimum Gasteiger partial charge on any atom is -0.338 e. The molecule has 1 heterocycles. The van der Waals surface area contributed by atoms with E-state index in [1.807, 2.05) is 18.7 Å². The molecule has 2 atom stereocenters. The average molecular weight is 302 g/mol. The van der Waals surface area contributed by atoms with Crippen molar-refractivity contribution in [1.82, 2.24) is 4.90 Å². The molecule has 1 aromatic carbocycles. The van der Waals surface area contributed by atoms with Gasteiger partial charge in [0.25, 0.3) is 5.91 Å². The predicted octanol–water partition coefficient (Wildman–Crippen LogP) is 3.40. The van der Waals surface area contributed by atoms with Crippen LogP contribution in [0.2, 0.25) is 0 Å². The smallest absolute Gasteiger partial charge is 0.253 e. The lowest BCUT2D eigenvalue weighted by molar-refractivity contribution is -0.118. The number of benzene rings is 1. The first kappa shape index (κ1) is 16.5. The van der Waals surface area contributed by atoms with Gasteiger partial charge in [-0.25, -0.2) is 0 Å². The Balaban J connectivity index is 2.03. The van der Waals surface area contributed by atoms with Crippen molar-refractivity contribution in [3.8, 4) is 0 Å². The Morgan fingerprint density at radius 2 is 1.64 bits per heavy atom. The Kier molecular flexibility index (Phi) is 5.22. The molecule has 1 aromatic rings. The summed E-state index contributed by atoms with van der Waals surface area (Å²) >= 11 is 0. The van der Waals surface area contributed by atoms with Crippen molar-refractivity contribution in [3.63, 3.8) is 0 Å². The molecule has 2 amide bonds. The Morgan fingerprint density at radius 1 is 1.09 bits per heavy atom. The maximum Gasteiger partial charge on any atom is 0.253 e. The van der Waals surface area contributed by atoms with E-state index in [0.717, 1.165) is 18.8 Å². The fraction of sp³-hybridized carbons (Fsp3) is 0.556. The zero-order valence-electron chi connectivity index (χ0n) is 13.9. The molecule has 0 unspecified atom stereocenters. The van der Waals surface area contributed by atoms with Gasteiger partial charge in [0.05, 0.1) is 0 Å². The monoisotopic (exact) mass is 302 g/mol. The molecule has 1 fully saturated rings. The lowest BCUT2D eigenvalue weighted by Crippen LogP contribution is -2.42. The molecule has 0 saturated carbocycles. The van der Waals surface area contributed by atoms with Crippen molar-refractivity contribution in [2.24, 2.45) is 17.8 Å². The molecular formula is C18H26N2O2. The molecule has 1 saturated heterocycles. The van der Waals surface area contributed by atoms with Crippen LogP contribution >= 0.6 is 0 Å². The number of hydrogen-bond donors (Lipinski definition) is 1. The van der Waals surface area contributed by atoms with Crippen LogP contribution in [0.4, 0.5) is 5.69 Å². The highest BCUT2D eigenvalue weighted by atomic mass is 16.2. The maximum atomic E-state index is 12.6. The number of carbonyl (C=O) groups excluding carboxylic acids is 2. The second-order valence-corrected chi connectivity index (χ2v) is 6.88. The SMILES string of the molecule is CC(C)C(=O)Nc1ccc(C(=O)N2C[C@H](C)C[C@H](C)C2)cc1. The number of hydrogen-bond acceptors (Lipinski definition) is 2. The highest BCUT2D eigenvalue weighted by Crippen LogP contribution is 2.23. The van der Waals surface area contributed by atoms with E-state index in [0.29, 0.717) is 17.4 Å². The summed E-state index contributed by atoms with van der Waals surface area (Å²) in [4.78, 5) is 26.2. The predicted molar refractivity (Wildman–Crippen MR) is 88.8 cm³/mol. The van der Waals surface area contributed by atoms with E-state index in [1.165, 1.54) is 6.42 Å². The highest BCUT2D eigenvalue weighted by molar-refractivity contribution is 5.96. The van der Waals surface area contributed by atoms with Gasteiger partial charge in [0.15, 0.2) is 0 Å². The van der Waals surface area contributed by atoms with Crippen LogP contribution in [0.3, 0.4) is 0 Å². The summed E-state index contributed by atoms with van der Waals surface area (Å²) in [5.74, 6) is 1.12. The Bertz CT molecular complexity index is 527. The molecule has 0 spiro atoms. The molecule has 22 heavy (non-hydrogen) atoms. The number of nitrogens with zero attached hydrogens (tertiary/aromatic N) is 1. The number of amides is 2. The molecule has 0 radical (unpaired) electrons. The van der Waals surface area contributed by atoms with E-state index in [-0.39, 0.29) is 17.7 Å². The molecule has 4 nitrogen and oxygen atoms in total. The van der Waals surface area contributed by atoms with Gasteiger partial charge in [-0.15, -0.1) is 0 Å². The first-order chi connectivity index (χ1) is 10.4. The number of piperidine rings is 1. The zero-order chi connectivity index (χ0) is 16.3. The van der Waals surface area contributed by atoms with E-state index in [4.69, 9.17) is 0 Å². The van der Waals surface area contributed by atoms with Crippen LogP contribution in [0.1, 0.15) is 44.5 Å². The fourth-order valence-corrected chi connectivity index (χ4v) is 2.99. The van der Waals surface area contributed by atoms with Crippen molar-refractivity contribution in [2.75, 3.05) is 18.4 Å². The molecule has 120 valence electrons. The van der Waals surface area contributed by atoms with Gasteiger partial charge in [-0.3, -0.25) is 9.59 Å². The quantitative estimate of drug-likeness (QED) is 0.930. The third-order valence-electron chi connectivity index (χ3n) is 4.08. The number of likely N-dealkylation sites (tertiary alicyclic amines) is 1. The first-order valence-electron chi connectivity index (χ1n) is 8.07. The standard InChI is InChI=1S/C18H26N2O2/c1-12(2)17(21)19-16-7-5-15(6-8-16)18(22)20-10-13(3)9-14(4)11-20/h5-8,12-14H,9-11H2,1-4H3,(H,19,21)/t13-,14+. The van der Waals surface area contributed by atoms with Crippen molar-refractivity contribution >= 4 is 17.5 Å². The molecular weight excluding hydrogens is 276 g/mol. The van der Waals surface area contributed by atoms with Gasteiger partial charge in [0.2, 0.25) is 5.91 Å². The molecule has 4 heteroatoms. The second-order valence-electron chi connectivity index (χ2n) is 6.88. The largest absolute Gasteiger partial charge is 0.338 e. The zero-order valence-corrected chi connectivity index (χ0v) is 13.9. The van der Waals surface area contributed by atoms with Gasteiger partial charge in [-0.2, -0.15) is 0 Å². The molecule has 2 rings (SSSR count). The van der Waals surface area contributed by atoms with E-state index < -0.39 is 0 Å². The van der Waals surface area contributed by atoms with Gasteiger partial charge in [0.1, 0.15) is 0 Å². The van der Waals surface area contributed by atoms with Gasteiger partial charge in [-0.1, -0.05) is 27.7 Å². The summed E-state index contributed by atoms with van der Waals surface area (Å²) in [5.41, 5.74) is 1.42. The van der Waals surface area contributed by atoms with Crippen LogP contribution in [0.5, 0.6) is 0 Å². The van der Waals surface area contributed by atoms with Crippen LogP contribution in [0.15, 0.2) is 24.3 Å². The van der Waals surface area contributed by atoms with E-state index in [1.54, 1.807) is 24.3 Å². The average Bonchev–Trinajstić information content (AvgIpc) is 2.46. The van der Waals surface area contributed by atoms with Crippen LogP contribution in [-0.2, 0) is 4.79 Å². The summed E-state index contributed by atoms with van der Waals surface area (Å²) in [6.45, 7) is 9.75. The van der Waals surface area contributed by atoms with Crippen molar-refractivity contribution < 1.29 is 9.59 Å². The third-order valence-corrected chi connectivity index (χ3v) is 4.08. The van der Waals surface area contributed by atoms with Crippen LogP contribution < -0.4 is 5.32 Å². The van der Waals surface area contributed by atoms with Crippen LogP contribution in [0.25, 0.3) is 0 Å². The minimum atomic E-state index is -0.0577. The van der Waals surface area contributed by atoms with Gasteiger partial charge >= 0.3 is 0 Å². The maximum absolute atomic E-state index is 12.6. The Morgan fingerprint density at radius 3 is 2.14 bits per heavy atom. The van der Waals surface area contributed by atoms with Crippen LogP contribution in [-0.4, -0.2) is 29.8 Å². The van der Waals surface area contributed by atoms with Crippen LogP contribution in [0, 0.1) is 17.8 Å². The van der Waals surface area contributed by atoms with Crippen molar-refractivity contribution in [1.29, 1.82) is 0 Å². The van der Waals surface area contributed by atoms with Gasteiger partial charge < -0.3 is 10.2 Å². The lowest BCUT2D eigenvalue weighted by atomic mass is 9.91. The molecule has 0 bridgehead atoms. The van der Waals surface area contributed by atoms with Crippen molar-refractivity contribution in [3.05, 3.63) is 29.8 Å². The molecule has 1 aliphatic heterocycles. The molecule has 0 aromatic heterocycles. The topological polar surface area (TPSA) is 49.4 Å². The minimum absolute atomic E-state index is 0.0160. The van der Waals surface area contributed by atoms with Crippen molar-refractivity contribution in [2.45, 2.75) is 34.1 Å². The van der Waals surface area contributed by atoms with Gasteiger partial charge in [0, 0.05) is 30.3 Å². The normalized spacial score (nSPS) is 21.8.